The van der Waals surface area contributed by atoms with E-state index in [9.17, 15) is 4.79 Å². The summed E-state index contributed by atoms with van der Waals surface area (Å²) in [6.45, 7) is 4.43. The van der Waals surface area contributed by atoms with Gasteiger partial charge in [0.2, 0.25) is 5.91 Å². The zero-order valence-electron chi connectivity index (χ0n) is 17.6. The molecule has 2 aromatic carbocycles. The first-order chi connectivity index (χ1) is 15.2. The van der Waals surface area contributed by atoms with Crippen LogP contribution in [0.5, 0.6) is 0 Å². The molecule has 1 aliphatic heterocycles. The van der Waals surface area contributed by atoms with Gasteiger partial charge in [0, 0.05) is 35.7 Å². The number of hydrogen-bond donors (Lipinski definition) is 1. The molecule has 4 aromatic rings. The molecule has 0 saturated carbocycles. The van der Waals surface area contributed by atoms with Gasteiger partial charge in [0.15, 0.2) is 0 Å². The predicted octanol–water partition coefficient (Wildman–Crippen LogP) is 4.78. The maximum Gasteiger partial charge on any atom is 0.228 e. The van der Waals surface area contributed by atoms with Crippen LogP contribution in [0.2, 0.25) is 0 Å². The summed E-state index contributed by atoms with van der Waals surface area (Å²) in [6.07, 6.45) is 5.64. The number of para-hydroxylation sites is 1. The molecular formula is C25H26N4O2. The highest BCUT2D eigenvalue weighted by atomic mass is 16.3. The summed E-state index contributed by atoms with van der Waals surface area (Å²) in [7, 11) is 0. The zero-order chi connectivity index (χ0) is 21.2. The third-order valence-corrected chi connectivity index (χ3v) is 5.97. The smallest absolute Gasteiger partial charge is 0.228 e. The lowest BCUT2D eigenvalue weighted by Crippen LogP contribution is -2.40. The number of hydrogen-bond acceptors (Lipinski definition) is 4. The Labute approximate surface area is 181 Å². The van der Waals surface area contributed by atoms with E-state index in [2.05, 4.69) is 27.3 Å². The molecule has 1 atom stereocenters. The number of nitrogens with one attached hydrogen (secondary N) is 1. The minimum absolute atomic E-state index is 0.0197. The van der Waals surface area contributed by atoms with E-state index in [1.165, 1.54) is 0 Å². The number of aryl methyl sites for hydroxylation is 1. The van der Waals surface area contributed by atoms with Crippen LogP contribution in [0.15, 0.2) is 71.4 Å². The van der Waals surface area contributed by atoms with Gasteiger partial charge in [-0.15, -0.1) is 0 Å². The zero-order valence-corrected chi connectivity index (χ0v) is 17.6. The highest BCUT2D eigenvalue weighted by Gasteiger charge is 2.26. The molecule has 0 spiro atoms. The van der Waals surface area contributed by atoms with Crippen molar-refractivity contribution < 1.29 is 9.21 Å². The number of benzene rings is 2. The average molecular weight is 415 g/mol. The fourth-order valence-corrected chi connectivity index (χ4v) is 4.35. The second kappa shape index (κ2) is 8.40. The third-order valence-electron chi connectivity index (χ3n) is 5.97. The molecule has 0 aliphatic carbocycles. The van der Waals surface area contributed by atoms with Crippen molar-refractivity contribution in [3.63, 3.8) is 0 Å². The molecule has 2 aromatic heterocycles. The van der Waals surface area contributed by atoms with Gasteiger partial charge in [-0.3, -0.25) is 9.69 Å². The summed E-state index contributed by atoms with van der Waals surface area (Å²) in [5.74, 6) is 1.95. The Morgan fingerprint density at radius 1 is 1.19 bits per heavy atom. The van der Waals surface area contributed by atoms with Crippen LogP contribution in [0.4, 0.5) is 5.69 Å². The average Bonchev–Trinajstić information content (AvgIpc) is 3.40. The van der Waals surface area contributed by atoms with Crippen LogP contribution < -0.4 is 5.32 Å². The third kappa shape index (κ3) is 4.25. The van der Waals surface area contributed by atoms with Crippen molar-refractivity contribution in [1.82, 2.24) is 14.5 Å². The van der Waals surface area contributed by atoms with Crippen molar-refractivity contribution in [2.24, 2.45) is 5.92 Å². The second-order valence-electron chi connectivity index (χ2n) is 8.21. The van der Waals surface area contributed by atoms with Gasteiger partial charge in [0.25, 0.3) is 0 Å². The monoisotopic (exact) mass is 414 g/mol. The first-order valence-corrected chi connectivity index (χ1v) is 10.8. The summed E-state index contributed by atoms with van der Waals surface area (Å²) < 4.78 is 7.98. The molecule has 1 amide bonds. The lowest BCUT2D eigenvalue weighted by Gasteiger charge is -2.31. The molecular weight excluding hydrogens is 388 g/mol. The Hall–Kier alpha value is -3.38. The topological polar surface area (TPSA) is 63.3 Å². The number of fused-ring (bicyclic) bond motifs is 1. The number of piperidine rings is 1. The van der Waals surface area contributed by atoms with Crippen molar-refractivity contribution in [2.45, 2.75) is 26.3 Å². The number of carbonyl (C=O) groups is 1. The van der Waals surface area contributed by atoms with Gasteiger partial charge in [-0.25, -0.2) is 4.98 Å². The van der Waals surface area contributed by atoms with Gasteiger partial charge in [0.1, 0.15) is 17.2 Å². The Morgan fingerprint density at radius 2 is 2.03 bits per heavy atom. The van der Waals surface area contributed by atoms with Gasteiger partial charge < -0.3 is 14.3 Å². The predicted molar refractivity (Wildman–Crippen MR) is 121 cm³/mol. The molecule has 6 nitrogen and oxygen atoms in total. The highest BCUT2D eigenvalue weighted by molar-refractivity contribution is 5.92. The molecule has 158 valence electrons. The molecule has 5 rings (SSSR count). The minimum atomic E-state index is -0.0197. The lowest BCUT2D eigenvalue weighted by molar-refractivity contribution is -0.121. The molecule has 3 heterocycles. The van der Waals surface area contributed by atoms with Crippen LogP contribution in [-0.4, -0.2) is 33.4 Å². The van der Waals surface area contributed by atoms with Crippen LogP contribution in [0.3, 0.4) is 0 Å². The van der Waals surface area contributed by atoms with Gasteiger partial charge in [-0.2, -0.15) is 0 Å². The molecule has 31 heavy (non-hydrogen) atoms. The molecule has 6 heteroatoms. The van der Waals surface area contributed by atoms with Crippen molar-refractivity contribution in [2.75, 3.05) is 18.4 Å². The van der Waals surface area contributed by atoms with Crippen LogP contribution in [-0.2, 0) is 11.3 Å². The van der Waals surface area contributed by atoms with E-state index in [0.717, 1.165) is 66.4 Å². The van der Waals surface area contributed by atoms with Gasteiger partial charge in [0.05, 0.1) is 12.5 Å². The Balaban J connectivity index is 1.21. The number of aromatic nitrogens is 2. The van der Waals surface area contributed by atoms with Crippen LogP contribution in [0.25, 0.3) is 16.7 Å². The maximum absolute atomic E-state index is 12.9. The standard InChI is InChI=1S/C25H26N4O2/c1-18-26-12-14-29(18)22-10-8-21(9-11-22)27-25(30)20-6-4-13-28(16-20)17-23-15-19-5-2-3-7-24(19)31-23/h2-3,5,7-12,14-15,20H,4,6,13,16-17H2,1H3,(H,27,30). The fraction of sp³-hybridized carbons (Fsp3) is 0.280. The van der Waals surface area contributed by atoms with Crippen LogP contribution in [0, 0.1) is 12.8 Å². The van der Waals surface area contributed by atoms with Crippen LogP contribution >= 0.6 is 0 Å². The first kappa shape index (κ1) is 19.6. The summed E-state index contributed by atoms with van der Waals surface area (Å²) >= 11 is 0. The molecule has 1 unspecified atom stereocenters. The highest BCUT2D eigenvalue weighted by Crippen LogP contribution is 2.24. The number of imidazole rings is 1. The van der Waals surface area contributed by atoms with Crippen molar-refractivity contribution in [3.05, 3.63) is 78.6 Å². The number of rotatable bonds is 5. The normalized spacial score (nSPS) is 17.1. The molecule has 1 N–H and O–H groups in total. The summed E-state index contributed by atoms with van der Waals surface area (Å²) in [4.78, 5) is 19.5. The van der Waals surface area contributed by atoms with E-state index in [1.54, 1.807) is 6.20 Å². The number of carbonyl (C=O) groups excluding carboxylic acids is 1. The Kier molecular flexibility index (Phi) is 5.30. The lowest BCUT2D eigenvalue weighted by atomic mass is 9.97. The number of likely N-dealkylation sites (tertiary alicyclic amines) is 1. The SMILES string of the molecule is Cc1nccn1-c1ccc(NC(=O)C2CCCN(Cc3cc4ccccc4o3)C2)cc1. The van der Waals surface area contributed by atoms with Crippen molar-refractivity contribution in [3.8, 4) is 5.69 Å². The molecule has 1 aliphatic rings. The molecule has 0 radical (unpaired) electrons. The Bertz CT molecular complexity index is 1160. The van der Waals surface area contributed by atoms with Gasteiger partial charge >= 0.3 is 0 Å². The maximum atomic E-state index is 12.9. The summed E-state index contributed by atoms with van der Waals surface area (Å²) in [5.41, 5.74) is 2.77. The van der Waals surface area contributed by atoms with E-state index in [0.29, 0.717) is 0 Å². The molecule has 0 bridgehead atoms. The number of amides is 1. The summed E-state index contributed by atoms with van der Waals surface area (Å²) in [6, 6.07) is 18.1. The largest absolute Gasteiger partial charge is 0.460 e. The van der Waals surface area contributed by atoms with Crippen molar-refractivity contribution >= 4 is 22.6 Å². The summed E-state index contributed by atoms with van der Waals surface area (Å²) in [5, 5.41) is 4.21. The van der Waals surface area contributed by atoms with E-state index < -0.39 is 0 Å². The first-order valence-electron chi connectivity index (χ1n) is 10.8. The quantitative estimate of drug-likeness (QED) is 0.511. The van der Waals surface area contributed by atoms with Gasteiger partial charge in [-0.05, 0) is 62.7 Å². The van der Waals surface area contributed by atoms with E-state index in [1.807, 2.05) is 60.2 Å². The molecule has 1 saturated heterocycles. The van der Waals surface area contributed by atoms with Crippen LogP contribution in [0.1, 0.15) is 24.4 Å². The fourth-order valence-electron chi connectivity index (χ4n) is 4.35. The van der Waals surface area contributed by atoms with Gasteiger partial charge in [-0.1, -0.05) is 18.2 Å². The number of furan rings is 1. The number of anilines is 1. The van der Waals surface area contributed by atoms with Crippen molar-refractivity contribution in [1.29, 1.82) is 0 Å². The second-order valence-corrected chi connectivity index (χ2v) is 8.21. The molecule has 1 fully saturated rings. The van der Waals surface area contributed by atoms with E-state index in [-0.39, 0.29) is 11.8 Å². The minimum Gasteiger partial charge on any atom is -0.460 e. The number of nitrogens with zero attached hydrogens (tertiary/aromatic N) is 3. The van der Waals surface area contributed by atoms with E-state index >= 15 is 0 Å². The Morgan fingerprint density at radius 3 is 2.81 bits per heavy atom. The van der Waals surface area contributed by atoms with E-state index in [4.69, 9.17) is 4.42 Å².